The van der Waals surface area contributed by atoms with Gasteiger partial charge in [0, 0.05) is 10.7 Å². The van der Waals surface area contributed by atoms with Crippen LogP contribution in [-0.2, 0) is 10.0 Å². The first-order valence-corrected chi connectivity index (χ1v) is 6.13. The average molecular weight is 251 g/mol. The Hall–Kier alpha value is -0.980. The second-order valence-electron chi connectivity index (χ2n) is 2.92. The van der Waals surface area contributed by atoms with Crippen LogP contribution >= 0.6 is 11.6 Å². The fourth-order valence-electron chi connectivity index (χ4n) is 1.02. The molecule has 0 bridgehead atoms. The van der Waals surface area contributed by atoms with E-state index in [4.69, 9.17) is 22.4 Å². The van der Waals surface area contributed by atoms with Crippen LogP contribution in [0.1, 0.15) is 0 Å². The Morgan fingerprint density at radius 1 is 1.40 bits per heavy atom. The molecule has 0 spiro atoms. The molecule has 0 aliphatic carbocycles. The van der Waals surface area contributed by atoms with Gasteiger partial charge in [-0.05, 0) is 18.2 Å². The first kappa shape index (κ1) is 12.1. The third kappa shape index (κ3) is 3.94. The van der Waals surface area contributed by atoms with Gasteiger partial charge in [-0.2, -0.15) is 0 Å². The van der Waals surface area contributed by atoms with Gasteiger partial charge < -0.3 is 10.8 Å². The van der Waals surface area contributed by atoms with Gasteiger partial charge in [0.05, 0.1) is 18.0 Å². The highest BCUT2D eigenvalue weighted by atomic mass is 35.5. The number of anilines is 2. The zero-order valence-corrected chi connectivity index (χ0v) is 9.35. The van der Waals surface area contributed by atoms with Gasteiger partial charge in [-0.15, -0.1) is 0 Å². The second-order valence-corrected chi connectivity index (χ2v) is 5.20. The van der Waals surface area contributed by atoms with Crippen LogP contribution in [0.2, 0.25) is 5.02 Å². The van der Waals surface area contributed by atoms with Crippen molar-refractivity contribution in [1.82, 2.24) is 0 Å². The molecule has 1 rings (SSSR count). The zero-order chi connectivity index (χ0) is 11.5. The fourth-order valence-corrected chi connectivity index (χ4v) is 2.08. The summed E-state index contributed by atoms with van der Waals surface area (Å²) in [6.45, 7) is -0.439. The van der Waals surface area contributed by atoms with E-state index < -0.39 is 16.6 Å². The van der Waals surface area contributed by atoms with Crippen molar-refractivity contribution in [3.8, 4) is 0 Å². The van der Waals surface area contributed by atoms with Crippen LogP contribution in [0.4, 0.5) is 11.4 Å². The highest BCUT2D eigenvalue weighted by Gasteiger charge is 2.09. The van der Waals surface area contributed by atoms with Crippen molar-refractivity contribution in [3.63, 3.8) is 0 Å². The van der Waals surface area contributed by atoms with Crippen molar-refractivity contribution in [1.29, 1.82) is 0 Å². The summed E-state index contributed by atoms with van der Waals surface area (Å²) in [6, 6.07) is 4.39. The van der Waals surface area contributed by atoms with Crippen molar-refractivity contribution in [3.05, 3.63) is 23.2 Å². The Morgan fingerprint density at radius 3 is 2.60 bits per heavy atom. The van der Waals surface area contributed by atoms with Gasteiger partial charge in [0.1, 0.15) is 0 Å². The van der Waals surface area contributed by atoms with Crippen molar-refractivity contribution in [2.75, 3.05) is 22.8 Å². The Kier molecular flexibility index (Phi) is 3.78. The molecule has 1 aromatic rings. The molecule has 0 amide bonds. The zero-order valence-electron chi connectivity index (χ0n) is 7.77. The molecule has 4 N–H and O–H groups in total. The van der Waals surface area contributed by atoms with Crippen LogP contribution in [0.25, 0.3) is 0 Å². The molecule has 84 valence electrons. The Labute approximate surface area is 92.9 Å². The van der Waals surface area contributed by atoms with E-state index in [9.17, 15) is 8.42 Å². The maximum absolute atomic E-state index is 11.3. The van der Waals surface area contributed by atoms with Gasteiger partial charge in [-0.1, -0.05) is 11.6 Å². The number of benzene rings is 1. The third-order valence-corrected chi connectivity index (χ3v) is 3.04. The van der Waals surface area contributed by atoms with Crippen molar-refractivity contribution in [2.24, 2.45) is 0 Å². The summed E-state index contributed by atoms with van der Waals surface area (Å²) >= 11 is 5.69. The topological polar surface area (TPSA) is 92.4 Å². The lowest BCUT2D eigenvalue weighted by atomic mass is 10.3. The first-order chi connectivity index (χ1) is 6.93. The first-order valence-electron chi connectivity index (χ1n) is 4.10. The van der Waals surface area contributed by atoms with Crippen LogP contribution in [0, 0.1) is 0 Å². The number of aliphatic hydroxyl groups is 1. The molecule has 15 heavy (non-hydrogen) atoms. The number of nitrogens with one attached hydrogen (secondary N) is 1. The molecule has 0 radical (unpaired) electrons. The van der Waals surface area contributed by atoms with Gasteiger partial charge >= 0.3 is 0 Å². The molecule has 0 aliphatic heterocycles. The summed E-state index contributed by atoms with van der Waals surface area (Å²) in [4.78, 5) is 0. The molecule has 0 heterocycles. The number of hydrogen-bond acceptors (Lipinski definition) is 4. The minimum Gasteiger partial charge on any atom is -0.399 e. The summed E-state index contributed by atoms with van der Waals surface area (Å²) in [5.41, 5.74) is 6.13. The van der Waals surface area contributed by atoms with E-state index in [1.807, 2.05) is 0 Å². The van der Waals surface area contributed by atoms with Crippen molar-refractivity contribution in [2.45, 2.75) is 0 Å². The van der Waals surface area contributed by atoms with Crippen LogP contribution in [0.15, 0.2) is 18.2 Å². The molecule has 0 fully saturated rings. The predicted octanol–water partition coefficient (Wildman–Crippen LogP) is 0.656. The monoisotopic (exact) mass is 250 g/mol. The minimum absolute atomic E-state index is 0.286. The second kappa shape index (κ2) is 4.69. The molecular weight excluding hydrogens is 240 g/mol. The van der Waals surface area contributed by atoms with Crippen molar-refractivity contribution < 1.29 is 13.5 Å². The number of aliphatic hydroxyl groups excluding tert-OH is 1. The van der Waals surface area contributed by atoms with E-state index in [1.165, 1.54) is 18.2 Å². The van der Waals surface area contributed by atoms with Gasteiger partial charge in [0.2, 0.25) is 10.0 Å². The number of sulfonamides is 1. The fraction of sp³-hybridized carbons (Fsp3) is 0.250. The summed E-state index contributed by atoms with van der Waals surface area (Å²) in [5, 5.41) is 8.86. The normalized spacial score (nSPS) is 11.3. The number of halogens is 1. The molecular formula is C8H11ClN2O3S. The van der Waals surface area contributed by atoms with E-state index in [-0.39, 0.29) is 11.4 Å². The molecule has 5 nitrogen and oxygen atoms in total. The highest BCUT2D eigenvalue weighted by Crippen LogP contribution is 2.21. The lowest BCUT2D eigenvalue weighted by Gasteiger charge is -2.07. The lowest BCUT2D eigenvalue weighted by molar-refractivity contribution is 0.320. The number of nitrogens with two attached hydrogens (primary N) is 1. The Balaban J connectivity index is 2.90. The van der Waals surface area contributed by atoms with Gasteiger partial charge in [0.15, 0.2) is 0 Å². The van der Waals surface area contributed by atoms with Gasteiger partial charge in [-0.3, -0.25) is 4.72 Å². The highest BCUT2D eigenvalue weighted by molar-refractivity contribution is 7.92. The average Bonchev–Trinajstić information content (AvgIpc) is 1.99. The van der Waals surface area contributed by atoms with E-state index >= 15 is 0 Å². The minimum atomic E-state index is -3.53. The Morgan fingerprint density at radius 2 is 2.07 bits per heavy atom. The van der Waals surface area contributed by atoms with Crippen LogP contribution in [-0.4, -0.2) is 25.9 Å². The molecule has 0 saturated carbocycles. The van der Waals surface area contributed by atoms with Crippen molar-refractivity contribution >= 4 is 33.0 Å². The van der Waals surface area contributed by atoms with Crippen LogP contribution < -0.4 is 10.5 Å². The number of hydrogen-bond donors (Lipinski definition) is 3. The van der Waals surface area contributed by atoms with E-state index in [2.05, 4.69) is 4.72 Å². The van der Waals surface area contributed by atoms with Crippen LogP contribution in [0.5, 0.6) is 0 Å². The molecule has 0 unspecified atom stereocenters. The number of rotatable bonds is 4. The molecule has 7 heteroatoms. The maximum Gasteiger partial charge on any atom is 0.234 e. The van der Waals surface area contributed by atoms with Crippen LogP contribution in [0.3, 0.4) is 0 Å². The maximum atomic E-state index is 11.3. The largest absolute Gasteiger partial charge is 0.399 e. The molecule has 0 aliphatic rings. The SMILES string of the molecule is Nc1cc(Cl)cc(NS(=O)(=O)CCO)c1. The Bertz CT molecular complexity index is 427. The van der Waals surface area contributed by atoms with E-state index in [0.29, 0.717) is 10.7 Å². The third-order valence-electron chi connectivity index (χ3n) is 1.55. The standard InChI is InChI=1S/C8H11ClN2O3S/c9-6-3-7(10)5-8(4-6)11-15(13,14)2-1-12/h3-5,11-12H,1-2,10H2. The summed E-state index contributed by atoms with van der Waals surface area (Å²) in [6.07, 6.45) is 0. The smallest absolute Gasteiger partial charge is 0.234 e. The summed E-state index contributed by atoms with van der Waals surface area (Å²) in [7, 11) is -3.53. The molecule has 1 aromatic carbocycles. The van der Waals surface area contributed by atoms with Gasteiger partial charge in [0.25, 0.3) is 0 Å². The molecule has 0 saturated heterocycles. The molecule has 0 aromatic heterocycles. The molecule has 0 atom stereocenters. The van der Waals surface area contributed by atoms with E-state index in [1.54, 1.807) is 0 Å². The quantitative estimate of drug-likeness (QED) is 0.685. The number of nitrogen functional groups attached to an aromatic ring is 1. The lowest BCUT2D eigenvalue weighted by Crippen LogP contribution is -2.18. The summed E-state index contributed by atoms with van der Waals surface area (Å²) in [5.74, 6) is -0.362. The van der Waals surface area contributed by atoms with Gasteiger partial charge in [-0.25, -0.2) is 8.42 Å². The summed E-state index contributed by atoms with van der Waals surface area (Å²) < 4.78 is 24.8. The van der Waals surface area contributed by atoms with E-state index in [0.717, 1.165) is 0 Å². The predicted molar refractivity (Wildman–Crippen MR) is 60.4 cm³/mol.